The fraction of sp³-hybridized carbons (Fsp3) is 0.333. The smallest absolute Gasteiger partial charge is 0.330 e. The molecular formula is C15H15NO3. The van der Waals surface area contributed by atoms with Crippen LogP contribution < -0.4 is 0 Å². The molecule has 1 aromatic carbocycles. The zero-order valence-corrected chi connectivity index (χ0v) is 10.7. The molecule has 4 heteroatoms. The SMILES string of the molecule is C=C1c2ccccc2C(=O)N1C(C)(C(=O)O)C1CC1. The Morgan fingerprint density at radius 2 is 1.95 bits per heavy atom. The van der Waals surface area contributed by atoms with Gasteiger partial charge in [-0.25, -0.2) is 4.79 Å². The van der Waals surface area contributed by atoms with Crippen molar-refractivity contribution in [3.05, 3.63) is 42.0 Å². The van der Waals surface area contributed by atoms with Crippen molar-refractivity contribution in [2.75, 3.05) is 0 Å². The number of benzene rings is 1. The fourth-order valence-corrected chi connectivity index (χ4v) is 2.87. The highest BCUT2D eigenvalue weighted by Gasteiger charge is 2.56. The van der Waals surface area contributed by atoms with Crippen LogP contribution >= 0.6 is 0 Å². The van der Waals surface area contributed by atoms with E-state index in [2.05, 4.69) is 6.58 Å². The van der Waals surface area contributed by atoms with Crippen molar-refractivity contribution in [2.45, 2.75) is 25.3 Å². The van der Waals surface area contributed by atoms with E-state index in [9.17, 15) is 14.7 Å². The molecule has 2 aliphatic rings. The fourth-order valence-electron chi connectivity index (χ4n) is 2.87. The van der Waals surface area contributed by atoms with Crippen LogP contribution in [0.1, 0.15) is 35.7 Å². The molecule has 1 heterocycles. The second kappa shape index (κ2) is 3.70. The van der Waals surface area contributed by atoms with Crippen molar-refractivity contribution >= 4 is 17.6 Å². The van der Waals surface area contributed by atoms with Gasteiger partial charge in [0.05, 0.1) is 0 Å². The van der Waals surface area contributed by atoms with Gasteiger partial charge in [0.25, 0.3) is 5.91 Å². The Balaban J connectivity index is 2.11. The number of hydrogen-bond acceptors (Lipinski definition) is 2. The predicted molar refractivity (Wildman–Crippen MR) is 70.4 cm³/mol. The zero-order chi connectivity index (χ0) is 13.8. The molecule has 1 saturated carbocycles. The number of carboxylic acid groups (broad SMARTS) is 1. The monoisotopic (exact) mass is 257 g/mol. The lowest BCUT2D eigenvalue weighted by Gasteiger charge is -2.35. The van der Waals surface area contributed by atoms with Gasteiger partial charge in [0.1, 0.15) is 5.54 Å². The summed E-state index contributed by atoms with van der Waals surface area (Å²) in [6.45, 7) is 5.55. The predicted octanol–water partition coefficient (Wildman–Crippen LogP) is 2.37. The molecule has 1 aliphatic carbocycles. The average Bonchev–Trinajstić information content (AvgIpc) is 3.19. The molecule has 0 radical (unpaired) electrons. The van der Waals surface area contributed by atoms with Crippen molar-refractivity contribution in [2.24, 2.45) is 5.92 Å². The number of amides is 1. The molecule has 1 aliphatic heterocycles. The molecule has 0 spiro atoms. The lowest BCUT2D eigenvalue weighted by atomic mass is 9.93. The van der Waals surface area contributed by atoms with Crippen LogP contribution in [-0.4, -0.2) is 27.4 Å². The van der Waals surface area contributed by atoms with E-state index in [1.165, 1.54) is 4.90 Å². The number of carboxylic acids is 1. The molecule has 0 saturated heterocycles. The maximum absolute atomic E-state index is 12.5. The first-order chi connectivity index (χ1) is 8.98. The quantitative estimate of drug-likeness (QED) is 0.904. The van der Waals surface area contributed by atoms with E-state index in [0.29, 0.717) is 11.3 Å². The van der Waals surface area contributed by atoms with E-state index >= 15 is 0 Å². The van der Waals surface area contributed by atoms with Crippen molar-refractivity contribution in [1.82, 2.24) is 4.90 Å². The molecule has 1 atom stereocenters. The number of rotatable bonds is 3. The first kappa shape index (κ1) is 12.0. The summed E-state index contributed by atoms with van der Waals surface area (Å²) in [5.74, 6) is -1.20. The Hall–Kier alpha value is -2.10. The maximum atomic E-state index is 12.5. The summed E-state index contributed by atoms with van der Waals surface area (Å²) >= 11 is 0. The number of hydrogen-bond donors (Lipinski definition) is 1. The number of carbonyl (C=O) groups excluding carboxylic acids is 1. The summed E-state index contributed by atoms with van der Waals surface area (Å²) in [6, 6.07) is 7.14. The zero-order valence-electron chi connectivity index (χ0n) is 10.7. The van der Waals surface area contributed by atoms with Crippen LogP contribution in [0.15, 0.2) is 30.8 Å². The van der Waals surface area contributed by atoms with Crippen LogP contribution in [0.25, 0.3) is 5.70 Å². The highest BCUT2D eigenvalue weighted by Crippen LogP contribution is 2.48. The van der Waals surface area contributed by atoms with Crippen LogP contribution in [0.3, 0.4) is 0 Å². The van der Waals surface area contributed by atoms with Crippen LogP contribution in [-0.2, 0) is 4.79 Å². The molecule has 3 rings (SSSR count). The van der Waals surface area contributed by atoms with E-state index in [1.54, 1.807) is 19.1 Å². The summed E-state index contributed by atoms with van der Waals surface area (Å²) in [4.78, 5) is 25.6. The Bertz CT molecular complexity index is 568. The van der Waals surface area contributed by atoms with Gasteiger partial charge in [0, 0.05) is 16.8 Å². The van der Waals surface area contributed by atoms with Gasteiger partial charge in [-0.15, -0.1) is 0 Å². The molecule has 1 N–H and O–H groups in total. The van der Waals surface area contributed by atoms with E-state index in [-0.39, 0.29) is 11.8 Å². The largest absolute Gasteiger partial charge is 0.479 e. The van der Waals surface area contributed by atoms with Gasteiger partial charge in [-0.2, -0.15) is 0 Å². The lowest BCUT2D eigenvalue weighted by molar-refractivity contribution is -0.148. The van der Waals surface area contributed by atoms with Gasteiger partial charge < -0.3 is 5.11 Å². The Kier molecular flexibility index (Phi) is 2.33. The highest BCUT2D eigenvalue weighted by molar-refractivity contribution is 6.11. The van der Waals surface area contributed by atoms with E-state index in [0.717, 1.165) is 18.4 Å². The minimum atomic E-state index is -1.19. The van der Waals surface area contributed by atoms with Gasteiger partial charge in [-0.05, 0) is 31.7 Å². The molecule has 98 valence electrons. The maximum Gasteiger partial charge on any atom is 0.330 e. The Morgan fingerprint density at radius 1 is 1.37 bits per heavy atom. The van der Waals surface area contributed by atoms with E-state index in [4.69, 9.17) is 0 Å². The van der Waals surface area contributed by atoms with Gasteiger partial charge in [-0.1, -0.05) is 24.8 Å². The van der Waals surface area contributed by atoms with Crippen LogP contribution in [0.2, 0.25) is 0 Å². The average molecular weight is 257 g/mol. The number of nitrogens with zero attached hydrogens (tertiary/aromatic N) is 1. The van der Waals surface area contributed by atoms with Crippen LogP contribution in [0.5, 0.6) is 0 Å². The third kappa shape index (κ3) is 1.46. The molecule has 4 nitrogen and oxygen atoms in total. The normalized spacial score (nSPS) is 21.2. The second-order valence-corrected chi connectivity index (χ2v) is 5.36. The van der Waals surface area contributed by atoms with Gasteiger partial charge in [0.2, 0.25) is 0 Å². The molecule has 19 heavy (non-hydrogen) atoms. The van der Waals surface area contributed by atoms with Crippen molar-refractivity contribution in [1.29, 1.82) is 0 Å². The topological polar surface area (TPSA) is 57.6 Å². The molecule has 1 unspecified atom stereocenters. The van der Waals surface area contributed by atoms with Gasteiger partial charge >= 0.3 is 5.97 Å². The van der Waals surface area contributed by atoms with Crippen molar-refractivity contribution < 1.29 is 14.7 Å². The van der Waals surface area contributed by atoms with Crippen LogP contribution in [0.4, 0.5) is 0 Å². The summed E-state index contributed by atoms with van der Waals surface area (Å²) < 4.78 is 0. The standard InChI is InChI=1S/C15H15NO3/c1-9-11-5-3-4-6-12(11)13(17)16(9)15(2,14(18)19)10-7-8-10/h3-6,10H,1,7-8H2,2H3,(H,18,19). The molecule has 1 amide bonds. The highest BCUT2D eigenvalue weighted by atomic mass is 16.4. The molecular weight excluding hydrogens is 242 g/mol. The Labute approximate surface area is 111 Å². The Morgan fingerprint density at radius 3 is 2.42 bits per heavy atom. The first-order valence-corrected chi connectivity index (χ1v) is 6.34. The summed E-state index contributed by atoms with van der Waals surface area (Å²) in [5, 5.41) is 9.58. The van der Waals surface area contributed by atoms with Gasteiger partial charge in [0.15, 0.2) is 0 Å². The van der Waals surface area contributed by atoms with Crippen molar-refractivity contribution in [3.63, 3.8) is 0 Å². The molecule has 0 aromatic heterocycles. The molecule has 1 fully saturated rings. The number of aliphatic carboxylic acids is 1. The summed E-state index contributed by atoms with van der Waals surface area (Å²) in [7, 11) is 0. The van der Waals surface area contributed by atoms with Crippen molar-refractivity contribution in [3.8, 4) is 0 Å². The van der Waals surface area contributed by atoms with E-state index in [1.807, 2.05) is 12.1 Å². The number of carbonyl (C=O) groups is 2. The first-order valence-electron chi connectivity index (χ1n) is 6.34. The minimum absolute atomic E-state index is 0.0139. The number of fused-ring (bicyclic) bond motifs is 1. The molecule has 1 aromatic rings. The molecule has 0 bridgehead atoms. The van der Waals surface area contributed by atoms with Gasteiger partial charge in [-0.3, -0.25) is 9.69 Å². The minimum Gasteiger partial charge on any atom is -0.479 e. The van der Waals surface area contributed by atoms with Crippen LogP contribution in [0, 0.1) is 5.92 Å². The second-order valence-electron chi connectivity index (χ2n) is 5.36. The summed E-state index contributed by atoms with van der Waals surface area (Å²) in [6.07, 6.45) is 1.69. The third-order valence-corrected chi connectivity index (χ3v) is 4.21. The summed E-state index contributed by atoms with van der Waals surface area (Å²) in [5.41, 5.74) is 0.589. The third-order valence-electron chi connectivity index (χ3n) is 4.21. The lowest BCUT2D eigenvalue weighted by Crippen LogP contribution is -2.53. The van der Waals surface area contributed by atoms with E-state index < -0.39 is 11.5 Å².